The van der Waals surface area contributed by atoms with Gasteiger partial charge in [-0.15, -0.1) is 10.2 Å². The molecule has 0 bridgehead atoms. The molecule has 0 spiro atoms. The maximum Gasteiger partial charge on any atom is 0.277 e. The standard InChI is InChI=1S/C24H27N3O6S/c1-5-30-19-12-17(13-20(31-6-2)22(19)32-7-3)23-26-27-24(33-23)34-14-21(29)25-18-10-8-9-16(11-18)15(4)28/h8-13H,5-7,14H2,1-4H3,(H,25,29). The van der Waals surface area contributed by atoms with Crippen molar-refractivity contribution < 1.29 is 28.2 Å². The Morgan fingerprint density at radius 3 is 2.26 bits per heavy atom. The quantitative estimate of drug-likeness (QED) is 0.284. The fourth-order valence-electron chi connectivity index (χ4n) is 3.04. The highest BCUT2D eigenvalue weighted by atomic mass is 32.2. The first-order chi connectivity index (χ1) is 16.4. The number of carbonyl (C=O) groups excluding carboxylic acids is 2. The molecule has 0 aliphatic carbocycles. The Kier molecular flexibility index (Phi) is 8.92. The lowest BCUT2D eigenvalue weighted by Crippen LogP contribution is -2.14. The van der Waals surface area contributed by atoms with Crippen LogP contribution in [-0.2, 0) is 4.79 Å². The van der Waals surface area contributed by atoms with Gasteiger partial charge in [0.2, 0.25) is 17.5 Å². The summed E-state index contributed by atoms with van der Waals surface area (Å²) in [5.74, 6) is 1.55. The topological polar surface area (TPSA) is 113 Å². The summed E-state index contributed by atoms with van der Waals surface area (Å²) in [6.45, 7) is 8.48. The number of aromatic nitrogens is 2. The van der Waals surface area contributed by atoms with Crippen LogP contribution in [0, 0.1) is 0 Å². The maximum absolute atomic E-state index is 12.3. The van der Waals surface area contributed by atoms with Gasteiger partial charge in [-0.25, -0.2) is 0 Å². The van der Waals surface area contributed by atoms with Crippen LogP contribution in [0.15, 0.2) is 46.0 Å². The van der Waals surface area contributed by atoms with E-state index in [2.05, 4.69) is 15.5 Å². The van der Waals surface area contributed by atoms with E-state index in [1.807, 2.05) is 20.8 Å². The summed E-state index contributed by atoms with van der Waals surface area (Å²) in [7, 11) is 0. The zero-order chi connectivity index (χ0) is 24.5. The Morgan fingerprint density at radius 2 is 1.65 bits per heavy atom. The van der Waals surface area contributed by atoms with Crippen LogP contribution in [0.1, 0.15) is 38.1 Å². The highest BCUT2D eigenvalue weighted by molar-refractivity contribution is 7.99. The van der Waals surface area contributed by atoms with Gasteiger partial charge in [0.1, 0.15) is 0 Å². The van der Waals surface area contributed by atoms with Crippen molar-refractivity contribution in [2.45, 2.75) is 32.9 Å². The molecule has 0 fully saturated rings. The number of hydrogen-bond donors (Lipinski definition) is 1. The molecule has 3 rings (SSSR count). The van der Waals surface area contributed by atoms with Crippen LogP contribution in [0.3, 0.4) is 0 Å². The van der Waals surface area contributed by atoms with Crippen LogP contribution < -0.4 is 19.5 Å². The minimum Gasteiger partial charge on any atom is -0.490 e. The van der Waals surface area contributed by atoms with Crippen LogP contribution in [0.5, 0.6) is 17.2 Å². The summed E-state index contributed by atoms with van der Waals surface area (Å²) >= 11 is 1.11. The van der Waals surface area contributed by atoms with Crippen molar-refractivity contribution in [3.63, 3.8) is 0 Å². The number of hydrogen-bond acceptors (Lipinski definition) is 9. The number of thioether (sulfide) groups is 1. The molecule has 0 aliphatic rings. The Labute approximate surface area is 202 Å². The molecule has 0 atom stereocenters. The van der Waals surface area contributed by atoms with Gasteiger partial charge in [-0.2, -0.15) is 0 Å². The molecule has 3 aromatic rings. The highest BCUT2D eigenvalue weighted by Gasteiger charge is 2.19. The van der Waals surface area contributed by atoms with Crippen molar-refractivity contribution in [3.05, 3.63) is 42.0 Å². The molecule has 9 nitrogen and oxygen atoms in total. The van der Waals surface area contributed by atoms with Gasteiger partial charge >= 0.3 is 0 Å². The molecule has 0 radical (unpaired) electrons. The molecular formula is C24H27N3O6S. The first-order valence-electron chi connectivity index (χ1n) is 10.9. The zero-order valence-electron chi connectivity index (χ0n) is 19.5. The Bertz CT molecular complexity index is 1120. The largest absolute Gasteiger partial charge is 0.490 e. The van der Waals surface area contributed by atoms with Gasteiger partial charge in [0.15, 0.2) is 17.3 Å². The van der Waals surface area contributed by atoms with E-state index >= 15 is 0 Å². The zero-order valence-corrected chi connectivity index (χ0v) is 20.4. The third-order valence-corrected chi connectivity index (χ3v) is 5.26. The molecule has 2 aromatic carbocycles. The van der Waals surface area contributed by atoms with E-state index in [1.165, 1.54) is 6.92 Å². The number of ether oxygens (including phenoxy) is 3. The van der Waals surface area contributed by atoms with Crippen molar-refractivity contribution in [1.29, 1.82) is 0 Å². The summed E-state index contributed by atoms with van der Waals surface area (Å²) in [5, 5.41) is 11.1. The molecule has 1 heterocycles. The maximum atomic E-state index is 12.3. The first kappa shape index (κ1) is 25.1. The molecule has 34 heavy (non-hydrogen) atoms. The van der Waals surface area contributed by atoms with Crippen molar-refractivity contribution in [2.75, 3.05) is 30.9 Å². The molecular weight excluding hydrogens is 458 g/mol. The molecule has 0 saturated heterocycles. The number of Topliss-reactive ketones (excluding diaryl/α,β-unsaturated/α-hetero) is 1. The second-order valence-corrected chi connectivity index (χ2v) is 7.87. The van der Waals surface area contributed by atoms with Crippen molar-refractivity contribution in [3.8, 4) is 28.7 Å². The Hall–Kier alpha value is -3.53. The first-order valence-corrected chi connectivity index (χ1v) is 11.9. The molecule has 0 saturated carbocycles. The van der Waals surface area contributed by atoms with Gasteiger partial charge in [-0.05, 0) is 52.0 Å². The minimum absolute atomic E-state index is 0.0591. The second kappa shape index (κ2) is 12.1. The number of benzene rings is 2. The molecule has 1 N–H and O–H groups in total. The van der Waals surface area contributed by atoms with Crippen molar-refractivity contribution in [2.24, 2.45) is 0 Å². The summed E-state index contributed by atoms with van der Waals surface area (Å²) in [5.41, 5.74) is 1.69. The van der Waals surface area contributed by atoms with Gasteiger partial charge in [0, 0.05) is 16.8 Å². The third kappa shape index (κ3) is 6.50. The summed E-state index contributed by atoms with van der Waals surface area (Å²) in [4.78, 5) is 23.8. The van der Waals surface area contributed by atoms with Gasteiger partial charge in [0.05, 0.1) is 25.6 Å². The van der Waals surface area contributed by atoms with E-state index < -0.39 is 0 Å². The number of nitrogens with zero attached hydrogens (tertiary/aromatic N) is 2. The van der Waals surface area contributed by atoms with E-state index in [0.717, 1.165) is 11.8 Å². The van der Waals surface area contributed by atoms with E-state index in [0.29, 0.717) is 53.9 Å². The average molecular weight is 486 g/mol. The molecule has 1 aromatic heterocycles. The summed E-state index contributed by atoms with van der Waals surface area (Å²) in [6.07, 6.45) is 0. The van der Waals surface area contributed by atoms with Crippen LogP contribution in [0.25, 0.3) is 11.5 Å². The van der Waals surface area contributed by atoms with Gasteiger partial charge in [0.25, 0.3) is 5.22 Å². The fraction of sp³-hybridized carbons (Fsp3) is 0.333. The lowest BCUT2D eigenvalue weighted by molar-refractivity contribution is -0.113. The normalized spacial score (nSPS) is 10.6. The van der Waals surface area contributed by atoms with E-state index in [9.17, 15) is 9.59 Å². The van der Waals surface area contributed by atoms with Crippen molar-refractivity contribution >= 4 is 29.1 Å². The van der Waals surface area contributed by atoms with Crippen LogP contribution in [0.4, 0.5) is 5.69 Å². The molecule has 10 heteroatoms. The third-order valence-electron chi connectivity index (χ3n) is 4.44. The SMILES string of the molecule is CCOc1cc(-c2nnc(SCC(=O)Nc3cccc(C(C)=O)c3)o2)cc(OCC)c1OCC. The van der Waals surface area contributed by atoms with Crippen LogP contribution in [0.2, 0.25) is 0 Å². The van der Waals surface area contributed by atoms with E-state index in [1.54, 1.807) is 36.4 Å². The van der Waals surface area contributed by atoms with Gasteiger partial charge < -0.3 is 23.9 Å². The van der Waals surface area contributed by atoms with Crippen molar-refractivity contribution in [1.82, 2.24) is 10.2 Å². The molecule has 0 unspecified atom stereocenters. The molecule has 0 aliphatic heterocycles. The minimum atomic E-state index is -0.260. The lowest BCUT2D eigenvalue weighted by Gasteiger charge is -2.16. The number of nitrogens with one attached hydrogen (secondary N) is 1. The highest BCUT2D eigenvalue weighted by Crippen LogP contribution is 2.42. The number of anilines is 1. The van der Waals surface area contributed by atoms with Crippen LogP contribution >= 0.6 is 11.8 Å². The summed E-state index contributed by atoms with van der Waals surface area (Å²) in [6, 6.07) is 10.3. The lowest BCUT2D eigenvalue weighted by atomic mass is 10.1. The second-order valence-electron chi connectivity index (χ2n) is 6.95. The predicted octanol–water partition coefficient (Wildman–Crippen LogP) is 4.87. The van der Waals surface area contributed by atoms with Gasteiger partial charge in [-0.1, -0.05) is 23.9 Å². The van der Waals surface area contributed by atoms with E-state index in [4.69, 9.17) is 18.6 Å². The monoisotopic (exact) mass is 485 g/mol. The average Bonchev–Trinajstić information content (AvgIpc) is 3.29. The number of ketones is 1. The number of carbonyl (C=O) groups is 2. The molecule has 1 amide bonds. The van der Waals surface area contributed by atoms with Crippen LogP contribution in [-0.4, -0.2) is 47.5 Å². The number of rotatable bonds is 12. The smallest absolute Gasteiger partial charge is 0.277 e. The van der Waals surface area contributed by atoms with E-state index in [-0.39, 0.29) is 28.6 Å². The Balaban J connectivity index is 1.71. The molecule has 180 valence electrons. The number of amides is 1. The predicted molar refractivity (Wildman–Crippen MR) is 129 cm³/mol. The fourth-order valence-corrected chi connectivity index (χ4v) is 3.60. The van der Waals surface area contributed by atoms with Gasteiger partial charge in [-0.3, -0.25) is 9.59 Å². The summed E-state index contributed by atoms with van der Waals surface area (Å²) < 4.78 is 22.9. The Morgan fingerprint density at radius 1 is 0.971 bits per heavy atom.